The number of nitrogens with one attached hydrogen (secondary N) is 1. The highest BCUT2D eigenvalue weighted by Crippen LogP contribution is 2.20. The van der Waals surface area contributed by atoms with Crippen LogP contribution in [0, 0.1) is 0 Å². The maximum atomic E-state index is 10.7. The standard InChI is InChI=1S/C5H11NO2P/c1-4(7)5(6-2)9(3)8/h5-6H,1-3H3/q+1. The van der Waals surface area contributed by atoms with Crippen LogP contribution in [0.2, 0.25) is 0 Å². The quantitative estimate of drug-likeness (QED) is 0.595. The molecule has 0 aromatic heterocycles. The average molecular weight is 148 g/mol. The number of Topliss-reactive ketones (excluding diaryl/α,β-unsaturated/α-hetero) is 1. The summed E-state index contributed by atoms with van der Waals surface area (Å²) in [6.07, 6.45) is 0. The van der Waals surface area contributed by atoms with Crippen LogP contribution in [-0.4, -0.2) is 25.3 Å². The fourth-order valence-electron chi connectivity index (χ4n) is 0.641. The van der Waals surface area contributed by atoms with Crippen molar-refractivity contribution in [2.75, 3.05) is 13.7 Å². The van der Waals surface area contributed by atoms with E-state index in [1.54, 1.807) is 7.05 Å². The first kappa shape index (κ1) is 8.73. The lowest BCUT2D eigenvalue weighted by Crippen LogP contribution is -2.28. The second kappa shape index (κ2) is 3.70. The zero-order valence-corrected chi connectivity index (χ0v) is 6.74. The molecule has 0 rings (SSSR count). The third-order valence-corrected chi connectivity index (χ3v) is 2.37. The summed E-state index contributed by atoms with van der Waals surface area (Å²) in [6, 6.07) is 0. The van der Waals surface area contributed by atoms with Crippen LogP contribution >= 0.6 is 7.80 Å². The number of likely N-dealkylation sites (N-methyl/N-ethyl adjacent to an activating group) is 1. The van der Waals surface area contributed by atoms with Gasteiger partial charge >= 0.3 is 7.80 Å². The van der Waals surface area contributed by atoms with Crippen LogP contribution in [-0.2, 0) is 9.36 Å². The van der Waals surface area contributed by atoms with Gasteiger partial charge in [-0.25, -0.2) is 0 Å². The fourth-order valence-corrected chi connectivity index (χ4v) is 1.52. The van der Waals surface area contributed by atoms with E-state index >= 15 is 0 Å². The van der Waals surface area contributed by atoms with Crippen LogP contribution in [0.1, 0.15) is 6.92 Å². The molecular weight excluding hydrogens is 137 g/mol. The minimum absolute atomic E-state index is 0.0684. The molecule has 0 amide bonds. The molecule has 0 heterocycles. The highest BCUT2D eigenvalue weighted by Gasteiger charge is 2.27. The normalized spacial score (nSPS) is 14.8. The summed E-state index contributed by atoms with van der Waals surface area (Å²) in [6.45, 7) is 2.97. The van der Waals surface area contributed by atoms with E-state index in [4.69, 9.17) is 0 Å². The van der Waals surface area contributed by atoms with E-state index in [2.05, 4.69) is 5.32 Å². The van der Waals surface area contributed by atoms with E-state index in [-0.39, 0.29) is 5.78 Å². The van der Waals surface area contributed by atoms with E-state index in [0.717, 1.165) is 0 Å². The van der Waals surface area contributed by atoms with Crippen molar-refractivity contribution in [1.82, 2.24) is 5.32 Å². The van der Waals surface area contributed by atoms with Gasteiger partial charge in [0.25, 0.3) is 5.78 Å². The van der Waals surface area contributed by atoms with Gasteiger partial charge in [-0.05, 0) is 7.05 Å². The summed E-state index contributed by atoms with van der Waals surface area (Å²) in [5, 5.41) is 2.67. The summed E-state index contributed by atoms with van der Waals surface area (Å²) in [5.41, 5.74) is 0. The number of rotatable bonds is 3. The van der Waals surface area contributed by atoms with Crippen LogP contribution < -0.4 is 5.32 Å². The predicted molar refractivity (Wildman–Crippen MR) is 37.1 cm³/mol. The molecule has 0 saturated heterocycles. The van der Waals surface area contributed by atoms with Gasteiger partial charge in [-0.1, -0.05) is 4.57 Å². The lowest BCUT2D eigenvalue weighted by atomic mass is 10.4. The first-order valence-corrected chi connectivity index (χ1v) is 4.45. The van der Waals surface area contributed by atoms with E-state index < -0.39 is 13.6 Å². The molecule has 0 aromatic rings. The summed E-state index contributed by atoms with van der Waals surface area (Å²) in [5.74, 6) is -0.527. The van der Waals surface area contributed by atoms with Crippen molar-refractivity contribution in [2.24, 2.45) is 0 Å². The van der Waals surface area contributed by atoms with Crippen molar-refractivity contribution in [1.29, 1.82) is 0 Å². The van der Waals surface area contributed by atoms with Gasteiger partial charge in [0.2, 0.25) is 0 Å². The Morgan fingerprint density at radius 2 is 2.11 bits per heavy atom. The molecule has 0 saturated carbocycles. The third-order valence-electron chi connectivity index (χ3n) is 1.02. The highest BCUT2D eigenvalue weighted by atomic mass is 31.1. The van der Waals surface area contributed by atoms with E-state index in [9.17, 15) is 9.36 Å². The largest absolute Gasteiger partial charge is 0.362 e. The number of carbonyl (C=O) groups is 1. The Morgan fingerprint density at radius 1 is 1.67 bits per heavy atom. The lowest BCUT2D eigenvalue weighted by molar-refractivity contribution is -0.117. The maximum Gasteiger partial charge on any atom is 0.362 e. The Hall–Kier alpha value is -0.270. The SMILES string of the molecule is CNC(C(C)=O)[P+](C)=O. The van der Waals surface area contributed by atoms with Crippen molar-refractivity contribution in [2.45, 2.75) is 12.7 Å². The van der Waals surface area contributed by atoms with Crippen LogP contribution in [0.15, 0.2) is 0 Å². The predicted octanol–water partition coefficient (Wildman–Crippen LogP) is 0.578. The molecule has 0 aliphatic carbocycles. The maximum absolute atomic E-state index is 10.7. The topological polar surface area (TPSA) is 46.2 Å². The number of hydrogen-bond acceptors (Lipinski definition) is 3. The summed E-state index contributed by atoms with van der Waals surface area (Å²) >= 11 is 0. The van der Waals surface area contributed by atoms with Crippen LogP contribution in [0.25, 0.3) is 0 Å². The molecule has 0 spiro atoms. The molecular formula is C5H11NO2P+. The second-order valence-electron chi connectivity index (χ2n) is 1.85. The molecule has 1 N–H and O–H groups in total. The molecule has 9 heavy (non-hydrogen) atoms. The Kier molecular flexibility index (Phi) is 3.59. The Bertz CT molecular complexity index is 121. The first-order chi connectivity index (χ1) is 4.09. The van der Waals surface area contributed by atoms with Crippen molar-refractivity contribution < 1.29 is 9.36 Å². The molecule has 0 radical (unpaired) electrons. The van der Waals surface area contributed by atoms with Crippen LogP contribution in [0.5, 0.6) is 0 Å². The second-order valence-corrected chi connectivity index (χ2v) is 3.46. The third kappa shape index (κ3) is 2.68. The highest BCUT2D eigenvalue weighted by molar-refractivity contribution is 7.45. The zero-order chi connectivity index (χ0) is 7.44. The Labute approximate surface area is 55.6 Å². The monoisotopic (exact) mass is 148 g/mol. The van der Waals surface area contributed by atoms with Gasteiger partial charge in [-0.15, -0.1) is 0 Å². The van der Waals surface area contributed by atoms with Crippen molar-refractivity contribution in [3.05, 3.63) is 0 Å². The molecule has 0 bridgehead atoms. The lowest BCUT2D eigenvalue weighted by Gasteiger charge is -1.96. The number of ketones is 1. The van der Waals surface area contributed by atoms with Gasteiger partial charge in [0, 0.05) is 6.92 Å². The average Bonchev–Trinajstić information content (AvgIpc) is 1.64. The van der Waals surface area contributed by atoms with Crippen molar-refractivity contribution >= 4 is 13.6 Å². The van der Waals surface area contributed by atoms with Crippen molar-refractivity contribution in [3.8, 4) is 0 Å². The van der Waals surface area contributed by atoms with E-state index in [0.29, 0.717) is 0 Å². The van der Waals surface area contributed by atoms with Crippen molar-refractivity contribution in [3.63, 3.8) is 0 Å². The molecule has 2 unspecified atom stereocenters. The smallest absolute Gasteiger partial charge is 0.293 e. The minimum Gasteiger partial charge on any atom is -0.293 e. The van der Waals surface area contributed by atoms with Gasteiger partial charge < -0.3 is 0 Å². The summed E-state index contributed by atoms with van der Waals surface area (Å²) in [4.78, 5) is 10.6. The van der Waals surface area contributed by atoms with E-state index in [1.807, 2.05) is 0 Å². The van der Waals surface area contributed by atoms with Crippen LogP contribution in [0.3, 0.4) is 0 Å². The molecule has 4 heteroatoms. The molecule has 0 aliphatic rings. The number of hydrogen-bond donors (Lipinski definition) is 1. The van der Waals surface area contributed by atoms with E-state index in [1.165, 1.54) is 13.6 Å². The first-order valence-electron chi connectivity index (χ1n) is 2.67. The summed E-state index contributed by atoms with van der Waals surface area (Å²) < 4.78 is 10.7. The van der Waals surface area contributed by atoms with Crippen LogP contribution in [0.4, 0.5) is 0 Å². The molecule has 0 aliphatic heterocycles. The molecule has 2 atom stereocenters. The van der Waals surface area contributed by atoms with Gasteiger partial charge in [-0.2, -0.15) is 0 Å². The minimum atomic E-state index is -1.41. The van der Waals surface area contributed by atoms with Gasteiger partial charge in [0.05, 0.1) is 0 Å². The molecule has 0 fully saturated rings. The Morgan fingerprint density at radius 3 is 2.11 bits per heavy atom. The molecule has 3 nitrogen and oxygen atoms in total. The van der Waals surface area contributed by atoms with Gasteiger partial charge in [-0.3, -0.25) is 10.1 Å². The fraction of sp³-hybridized carbons (Fsp3) is 0.800. The number of carbonyl (C=O) groups excluding carboxylic acids is 1. The van der Waals surface area contributed by atoms with Gasteiger partial charge in [0.15, 0.2) is 5.78 Å². The molecule has 52 valence electrons. The zero-order valence-electron chi connectivity index (χ0n) is 5.84. The van der Waals surface area contributed by atoms with Gasteiger partial charge in [0.1, 0.15) is 6.66 Å². The molecule has 0 aromatic carbocycles. The Balaban J connectivity index is 3.99. The summed E-state index contributed by atoms with van der Waals surface area (Å²) in [7, 11) is 0.214.